The second-order valence-corrected chi connectivity index (χ2v) is 7.88. The molecule has 0 amide bonds. The Morgan fingerprint density at radius 2 is 1.95 bits per heavy atom. The first-order chi connectivity index (χ1) is 9.83. The van der Waals surface area contributed by atoms with Gasteiger partial charge in [-0.3, -0.25) is 0 Å². The van der Waals surface area contributed by atoms with E-state index in [1.165, 1.54) is 23.5 Å². The van der Waals surface area contributed by atoms with Crippen molar-refractivity contribution >= 4 is 50.3 Å². The third kappa shape index (κ3) is 3.58. The van der Waals surface area contributed by atoms with E-state index < -0.39 is 21.4 Å². The second kappa shape index (κ2) is 6.36. The molecule has 0 radical (unpaired) electrons. The molecule has 0 atom stereocenters. The van der Waals surface area contributed by atoms with Gasteiger partial charge in [-0.15, -0.1) is 0 Å². The van der Waals surface area contributed by atoms with Crippen LogP contribution in [0.4, 0.5) is 0 Å². The first-order valence-electron chi connectivity index (χ1n) is 5.78. The van der Waals surface area contributed by atoms with Crippen LogP contribution in [0.3, 0.4) is 0 Å². The molecule has 21 heavy (non-hydrogen) atoms. The molecule has 2 rings (SSSR count). The van der Waals surface area contributed by atoms with Gasteiger partial charge in [0.1, 0.15) is 0 Å². The summed E-state index contributed by atoms with van der Waals surface area (Å²) in [6, 6.07) is 4.31. The average molecular weight is 365 g/mol. The van der Waals surface area contributed by atoms with Crippen LogP contribution in [0.25, 0.3) is 0 Å². The summed E-state index contributed by atoms with van der Waals surface area (Å²) in [5.41, 5.74) is 0.516. The molecule has 1 aromatic carbocycles. The highest BCUT2D eigenvalue weighted by Crippen LogP contribution is 2.32. The van der Waals surface area contributed by atoms with Crippen molar-refractivity contribution < 1.29 is 18.3 Å². The molecule has 0 bridgehead atoms. The standard InChI is InChI=1S/C13H10Cl2O4S2/c14-9-1-2-10(12(15)11(9)13(16)17)21(18,19)6-4-8-3-5-20-7-8/h1-3,5,7H,4,6H2,(H,16,17). The molecule has 0 saturated carbocycles. The SMILES string of the molecule is O=C(O)c1c(Cl)ccc(S(=O)(=O)CCc2ccsc2)c1Cl. The van der Waals surface area contributed by atoms with Crippen LogP contribution in [-0.4, -0.2) is 25.2 Å². The molecule has 2 aromatic rings. The van der Waals surface area contributed by atoms with E-state index in [2.05, 4.69) is 0 Å². The smallest absolute Gasteiger partial charge is 0.338 e. The number of sulfone groups is 1. The Morgan fingerprint density at radius 3 is 2.52 bits per heavy atom. The van der Waals surface area contributed by atoms with Gasteiger partial charge in [-0.05, 0) is 40.9 Å². The van der Waals surface area contributed by atoms with E-state index >= 15 is 0 Å². The second-order valence-electron chi connectivity index (χ2n) is 4.24. The molecule has 0 aliphatic rings. The molecule has 1 N–H and O–H groups in total. The molecule has 1 aromatic heterocycles. The van der Waals surface area contributed by atoms with Crippen molar-refractivity contribution in [2.75, 3.05) is 5.75 Å². The van der Waals surface area contributed by atoms with E-state index in [-0.39, 0.29) is 20.7 Å². The quantitative estimate of drug-likeness (QED) is 0.876. The zero-order valence-electron chi connectivity index (χ0n) is 10.5. The van der Waals surface area contributed by atoms with Crippen molar-refractivity contribution in [2.45, 2.75) is 11.3 Å². The summed E-state index contributed by atoms with van der Waals surface area (Å²) in [5.74, 6) is -1.51. The van der Waals surface area contributed by atoms with Gasteiger partial charge in [-0.1, -0.05) is 23.2 Å². The fourth-order valence-corrected chi connectivity index (χ4v) is 4.73. The number of hydrogen-bond donors (Lipinski definition) is 1. The Hall–Kier alpha value is -1.08. The lowest BCUT2D eigenvalue weighted by Crippen LogP contribution is -2.11. The highest BCUT2D eigenvalue weighted by molar-refractivity contribution is 7.91. The number of benzene rings is 1. The maximum absolute atomic E-state index is 12.3. The van der Waals surface area contributed by atoms with Gasteiger partial charge >= 0.3 is 5.97 Å². The third-order valence-electron chi connectivity index (χ3n) is 2.84. The van der Waals surface area contributed by atoms with Crippen molar-refractivity contribution in [2.24, 2.45) is 0 Å². The molecule has 8 heteroatoms. The summed E-state index contributed by atoms with van der Waals surface area (Å²) in [6.07, 6.45) is 0.340. The summed E-state index contributed by atoms with van der Waals surface area (Å²) in [5, 5.41) is 12.3. The number of carbonyl (C=O) groups is 1. The number of thiophene rings is 1. The predicted octanol–water partition coefficient (Wildman–Crippen LogP) is 3.77. The lowest BCUT2D eigenvalue weighted by atomic mass is 10.2. The predicted molar refractivity (Wildman–Crippen MR) is 83.5 cm³/mol. The van der Waals surface area contributed by atoms with Gasteiger partial charge in [0.05, 0.1) is 26.3 Å². The molecule has 0 spiro atoms. The monoisotopic (exact) mass is 364 g/mol. The van der Waals surface area contributed by atoms with Crippen molar-refractivity contribution in [1.29, 1.82) is 0 Å². The number of carboxylic acids is 1. The van der Waals surface area contributed by atoms with Crippen LogP contribution in [0.2, 0.25) is 10.0 Å². The molecule has 0 aliphatic carbocycles. The van der Waals surface area contributed by atoms with E-state index in [4.69, 9.17) is 28.3 Å². The normalized spacial score (nSPS) is 11.5. The summed E-state index contributed by atoms with van der Waals surface area (Å²) in [6.45, 7) is 0. The number of halogens is 2. The molecule has 4 nitrogen and oxygen atoms in total. The van der Waals surface area contributed by atoms with Crippen molar-refractivity contribution in [3.8, 4) is 0 Å². The van der Waals surface area contributed by atoms with E-state index in [1.807, 2.05) is 16.8 Å². The van der Waals surface area contributed by atoms with Crippen LogP contribution in [0.15, 0.2) is 33.9 Å². The Balaban J connectivity index is 2.36. The summed E-state index contributed by atoms with van der Waals surface area (Å²) in [4.78, 5) is 10.9. The maximum Gasteiger partial charge on any atom is 0.338 e. The van der Waals surface area contributed by atoms with Crippen LogP contribution < -0.4 is 0 Å². The molecular weight excluding hydrogens is 355 g/mol. The number of rotatable bonds is 5. The van der Waals surface area contributed by atoms with Crippen molar-refractivity contribution in [3.05, 3.63) is 50.1 Å². The van der Waals surface area contributed by atoms with Gasteiger partial charge in [-0.25, -0.2) is 13.2 Å². The van der Waals surface area contributed by atoms with E-state index in [9.17, 15) is 13.2 Å². The summed E-state index contributed by atoms with van der Waals surface area (Å²) < 4.78 is 24.6. The van der Waals surface area contributed by atoms with Crippen molar-refractivity contribution in [3.63, 3.8) is 0 Å². The van der Waals surface area contributed by atoms with Gasteiger partial charge in [0.25, 0.3) is 0 Å². The lowest BCUT2D eigenvalue weighted by Gasteiger charge is -2.09. The summed E-state index contributed by atoms with van der Waals surface area (Å²) in [7, 11) is -3.69. The third-order valence-corrected chi connectivity index (χ3v) is 6.15. The first kappa shape index (κ1) is 16.3. The average Bonchev–Trinajstić information content (AvgIpc) is 2.88. The van der Waals surface area contributed by atoms with Gasteiger partial charge < -0.3 is 5.11 Å². The molecule has 0 fully saturated rings. The van der Waals surface area contributed by atoms with Gasteiger partial charge in [0, 0.05) is 0 Å². The minimum absolute atomic E-state index is 0.0933. The molecule has 0 unspecified atom stereocenters. The fraction of sp³-hybridized carbons (Fsp3) is 0.154. The molecule has 1 heterocycles. The Kier molecular flexibility index (Phi) is 4.93. The van der Waals surface area contributed by atoms with E-state index in [0.29, 0.717) is 6.42 Å². The Labute approximate surface area is 135 Å². The van der Waals surface area contributed by atoms with Gasteiger partial charge in [-0.2, -0.15) is 11.3 Å². The first-order valence-corrected chi connectivity index (χ1v) is 9.13. The minimum atomic E-state index is -3.69. The molecule has 0 aliphatic heterocycles. The number of hydrogen-bond acceptors (Lipinski definition) is 4. The Bertz CT molecular complexity index is 768. The minimum Gasteiger partial charge on any atom is -0.478 e. The highest BCUT2D eigenvalue weighted by Gasteiger charge is 2.24. The van der Waals surface area contributed by atoms with Gasteiger partial charge in [0.2, 0.25) is 0 Å². The zero-order chi connectivity index (χ0) is 15.6. The van der Waals surface area contributed by atoms with Crippen LogP contribution in [-0.2, 0) is 16.3 Å². The van der Waals surface area contributed by atoms with E-state index in [0.717, 1.165) is 5.56 Å². The number of aryl methyl sites for hydroxylation is 1. The largest absolute Gasteiger partial charge is 0.478 e. The van der Waals surface area contributed by atoms with Crippen LogP contribution in [0.1, 0.15) is 15.9 Å². The van der Waals surface area contributed by atoms with Crippen LogP contribution in [0.5, 0.6) is 0 Å². The number of carboxylic acid groups (broad SMARTS) is 1. The van der Waals surface area contributed by atoms with E-state index in [1.54, 1.807) is 0 Å². The lowest BCUT2D eigenvalue weighted by molar-refractivity contribution is 0.0697. The Morgan fingerprint density at radius 1 is 1.24 bits per heavy atom. The molecule has 0 saturated heterocycles. The van der Waals surface area contributed by atoms with Gasteiger partial charge in [0.15, 0.2) is 9.84 Å². The maximum atomic E-state index is 12.3. The highest BCUT2D eigenvalue weighted by atomic mass is 35.5. The molecule has 112 valence electrons. The molecular formula is C13H10Cl2O4S2. The fourth-order valence-electron chi connectivity index (χ4n) is 1.77. The van der Waals surface area contributed by atoms with Crippen molar-refractivity contribution in [1.82, 2.24) is 0 Å². The van der Waals surface area contributed by atoms with Crippen LogP contribution >= 0.6 is 34.5 Å². The zero-order valence-corrected chi connectivity index (χ0v) is 13.7. The topological polar surface area (TPSA) is 71.4 Å². The van der Waals surface area contributed by atoms with Crippen LogP contribution in [0, 0.1) is 0 Å². The summed E-state index contributed by atoms with van der Waals surface area (Å²) >= 11 is 13.1. The number of aromatic carboxylic acids is 1.